The Morgan fingerprint density at radius 3 is 2.31 bits per heavy atom. The molecule has 0 aliphatic rings. The summed E-state index contributed by atoms with van der Waals surface area (Å²) in [5.74, 6) is 0.829. The number of methoxy groups -OCH3 is 2. The van der Waals surface area contributed by atoms with E-state index in [9.17, 15) is 9.59 Å². The summed E-state index contributed by atoms with van der Waals surface area (Å²) >= 11 is 1.31. The highest BCUT2D eigenvalue weighted by Crippen LogP contribution is 2.33. The first-order chi connectivity index (χ1) is 15.4. The van der Waals surface area contributed by atoms with Gasteiger partial charge in [0.2, 0.25) is 0 Å². The van der Waals surface area contributed by atoms with E-state index < -0.39 is 5.97 Å². The zero-order chi connectivity index (χ0) is 23.3. The van der Waals surface area contributed by atoms with E-state index >= 15 is 0 Å². The predicted octanol–water partition coefficient (Wildman–Crippen LogP) is 4.08. The molecular weight excluding hydrogens is 428 g/mol. The predicted molar refractivity (Wildman–Crippen MR) is 124 cm³/mol. The van der Waals surface area contributed by atoms with Gasteiger partial charge in [0.05, 0.1) is 37.5 Å². The van der Waals surface area contributed by atoms with Gasteiger partial charge in [0.1, 0.15) is 6.54 Å². The monoisotopic (exact) mass is 456 g/mol. The standard InChI is InChI=1S/C24H28N2O5S/c1-6-31-23(28)14-26-18-12-19(29-4)20(30-5)13-21(18)32-24(26)25-22(27)11-16-7-9-17(10-8-16)15(2)3/h7-10,12-13,15H,6,11,14H2,1-5H3. The zero-order valence-electron chi connectivity index (χ0n) is 19.0. The molecule has 2 aromatic carbocycles. The van der Waals surface area contributed by atoms with Crippen LogP contribution in [0.1, 0.15) is 37.8 Å². The van der Waals surface area contributed by atoms with Gasteiger partial charge in [-0.25, -0.2) is 0 Å². The van der Waals surface area contributed by atoms with Gasteiger partial charge in [0.15, 0.2) is 16.3 Å². The molecular formula is C24H28N2O5S. The van der Waals surface area contributed by atoms with Gasteiger partial charge in [-0.3, -0.25) is 9.59 Å². The summed E-state index contributed by atoms with van der Waals surface area (Å²) in [6, 6.07) is 11.6. The Balaban J connectivity index is 2.01. The lowest BCUT2D eigenvalue weighted by molar-refractivity contribution is -0.143. The van der Waals surface area contributed by atoms with Gasteiger partial charge < -0.3 is 18.8 Å². The van der Waals surface area contributed by atoms with E-state index in [1.165, 1.54) is 16.9 Å². The lowest BCUT2D eigenvalue weighted by Gasteiger charge is -2.09. The molecule has 1 heterocycles. The number of carbonyl (C=O) groups is 2. The summed E-state index contributed by atoms with van der Waals surface area (Å²) in [4.78, 5) is 29.7. The van der Waals surface area contributed by atoms with Crippen LogP contribution in [0.15, 0.2) is 41.4 Å². The molecule has 8 heteroatoms. The number of amides is 1. The summed E-state index contributed by atoms with van der Waals surface area (Å²) in [7, 11) is 3.11. The van der Waals surface area contributed by atoms with Gasteiger partial charge in [-0.05, 0) is 24.0 Å². The van der Waals surface area contributed by atoms with Crippen molar-refractivity contribution in [1.82, 2.24) is 4.57 Å². The second-order valence-corrected chi connectivity index (χ2v) is 8.54. The van der Waals surface area contributed by atoms with E-state index in [1.54, 1.807) is 31.8 Å². The lowest BCUT2D eigenvalue weighted by atomic mass is 10.0. The van der Waals surface area contributed by atoms with E-state index in [2.05, 4.69) is 18.8 Å². The number of esters is 1. The van der Waals surface area contributed by atoms with Gasteiger partial charge in [-0.2, -0.15) is 4.99 Å². The summed E-state index contributed by atoms with van der Waals surface area (Å²) in [6.45, 7) is 6.23. The Morgan fingerprint density at radius 1 is 1.06 bits per heavy atom. The number of nitrogens with zero attached hydrogens (tertiary/aromatic N) is 2. The number of hydrogen-bond donors (Lipinski definition) is 0. The van der Waals surface area contributed by atoms with Gasteiger partial charge in [0, 0.05) is 12.1 Å². The van der Waals surface area contributed by atoms with Crippen LogP contribution in [0.25, 0.3) is 10.2 Å². The minimum absolute atomic E-state index is 0.0570. The quantitative estimate of drug-likeness (QED) is 0.477. The first kappa shape index (κ1) is 23.5. The Labute approximate surface area is 191 Å². The van der Waals surface area contributed by atoms with Crippen molar-refractivity contribution in [1.29, 1.82) is 0 Å². The summed E-state index contributed by atoms with van der Waals surface area (Å²) < 4.78 is 18.4. The van der Waals surface area contributed by atoms with Crippen molar-refractivity contribution in [2.75, 3.05) is 20.8 Å². The highest BCUT2D eigenvalue weighted by atomic mass is 32.1. The van der Waals surface area contributed by atoms with Crippen LogP contribution in [0.3, 0.4) is 0 Å². The average molecular weight is 457 g/mol. The molecule has 1 aromatic heterocycles. The number of carbonyl (C=O) groups excluding carboxylic acids is 2. The van der Waals surface area contributed by atoms with Crippen molar-refractivity contribution in [2.24, 2.45) is 4.99 Å². The number of benzene rings is 2. The van der Waals surface area contributed by atoms with Crippen molar-refractivity contribution in [3.63, 3.8) is 0 Å². The maximum atomic E-state index is 12.7. The smallest absolute Gasteiger partial charge is 0.326 e. The SMILES string of the molecule is CCOC(=O)Cn1c(=NC(=O)Cc2ccc(C(C)C)cc2)sc2cc(OC)c(OC)cc21. The van der Waals surface area contributed by atoms with E-state index in [4.69, 9.17) is 14.2 Å². The number of rotatable bonds is 8. The average Bonchev–Trinajstić information content (AvgIpc) is 3.08. The first-order valence-corrected chi connectivity index (χ1v) is 11.2. The molecule has 0 N–H and O–H groups in total. The molecule has 0 saturated heterocycles. The maximum absolute atomic E-state index is 12.7. The number of aromatic nitrogens is 1. The fraction of sp³-hybridized carbons (Fsp3) is 0.375. The number of fused-ring (bicyclic) bond motifs is 1. The molecule has 1 amide bonds. The Bertz CT molecular complexity index is 1180. The fourth-order valence-corrected chi connectivity index (χ4v) is 4.37. The van der Waals surface area contributed by atoms with E-state index in [1.807, 2.05) is 30.3 Å². The molecule has 32 heavy (non-hydrogen) atoms. The van der Waals surface area contributed by atoms with Crippen LogP contribution in [-0.2, 0) is 27.3 Å². The number of ether oxygens (including phenoxy) is 3. The van der Waals surface area contributed by atoms with Crippen LogP contribution >= 0.6 is 11.3 Å². The molecule has 7 nitrogen and oxygen atoms in total. The van der Waals surface area contributed by atoms with Crippen molar-refractivity contribution < 1.29 is 23.8 Å². The highest BCUT2D eigenvalue weighted by Gasteiger charge is 2.16. The maximum Gasteiger partial charge on any atom is 0.326 e. The van der Waals surface area contributed by atoms with Gasteiger partial charge in [-0.15, -0.1) is 0 Å². The molecule has 3 rings (SSSR count). The molecule has 0 atom stereocenters. The lowest BCUT2D eigenvalue weighted by Crippen LogP contribution is -2.23. The third kappa shape index (κ3) is 5.37. The van der Waals surface area contributed by atoms with Gasteiger partial charge >= 0.3 is 5.97 Å². The molecule has 0 bridgehead atoms. The summed E-state index contributed by atoms with van der Waals surface area (Å²) in [5.41, 5.74) is 2.83. The van der Waals surface area contributed by atoms with Crippen molar-refractivity contribution in [2.45, 2.75) is 39.7 Å². The van der Waals surface area contributed by atoms with Crippen LogP contribution in [0.2, 0.25) is 0 Å². The van der Waals surface area contributed by atoms with Crippen LogP contribution in [0.4, 0.5) is 0 Å². The van der Waals surface area contributed by atoms with Crippen LogP contribution in [0.5, 0.6) is 11.5 Å². The topological polar surface area (TPSA) is 79.1 Å². The summed E-state index contributed by atoms with van der Waals surface area (Å²) in [5, 5.41) is 0. The first-order valence-electron chi connectivity index (χ1n) is 10.4. The largest absolute Gasteiger partial charge is 0.493 e. The Kier molecular flexibility index (Phi) is 7.69. The van der Waals surface area contributed by atoms with Gasteiger partial charge in [0.25, 0.3) is 5.91 Å². The number of hydrogen-bond acceptors (Lipinski definition) is 6. The van der Waals surface area contributed by atoms with Crippen molar-refractivity contribution >= 4 is 33.4 Å². The molecule has 0 radical (unpaired) electrons. The minimum Gasteiger partial charge on any atom is -0.493 e. The molecule has 0 fully saturated rings. The molecule has 0 saturated carbocycles. The molecule has 0 spiro atoms. The van der Waals surface area contributed by atoms with Gasteiger partial charge in [-0.1, -0.05) is 49.4 Å². The zero-order valence-corrected chi connectivity index (χ0v) is 19.8. The van der Waals surface area contributed by atoms with Crippen molar-refractivity contribution in [3.05, 3.63) is 52.3 Å². The fourth-order valence-electron chi connectivity index (χ4n) is 3.31. The Hall–Kier alpha value is -3.13. The second kappa shape index (κ2) is 10.5. The Morgan fingerprint density at radius 2 is 1.72 bits per heavy atom. The van der Waals surface area contributed by atoms with Crippen LogP contribution < -0.4 is 14.3 Å². The highest BCUT2D eigenvalue weighted by molar-refractivity contribution is 7.16. The molecule has 0 unspecified atom stereocenters. The molecule has 0 aliphatic carbocycles. The van der Waals surface area contributed by atoms with Crippen molar-refractivity contribution in [3.8, 4) is 11.5 Å². The molecule has 0 aliphatic heterocycles. The molecule has 3 aromatic rings. The molecule has 170 valence electrons. The summed E-state index contributed by atoms with van der Waals surface area (Å²) in [6.07, 6.45) is 0.179. The van der Waals surface area contributed by atoms with E-state index in [-0.39, 0.29) is 25.5 Å². The normalized spacial score (nSPS) is 11.8. The van der Waals surface area contributed by atoms with Crippen LogP contribution in [0, 0.1) is 0 Å². The van der Waals surface area contributed by atoms with E-state index in [0.29, 0.717) is 27.7 Å². The minimum atomic E-state index is -0.403. The van der Waals surface area contributed by atoms with E-state index in [0.717, 1.165) is 10.3 Å². The third-order valence-electron chi connectivity index (χ3n) is 5.00. The van der Waals surface area contributed by atoms with Crippen LogP contribution in [-0.4, -0.2) is 37.3 Å². The second-order valence-electron chi connectivity index (χ2n) is 7.53. The number of thiazole rings is 1. The third-order valence-corrected chi connectivity index (χ3v) is 6.04.